The van der Waals surface area contributed by atoms with Crippen LogP contribution in [0.25, 0.3) is 0 Å². The Kier molecular flexibility index (Phi) is 5.21. The van der Waals surface area contributed by atoms with Gasteiger partial charge in [-0.1, -0.05) is 23.7 Å². The molecular formula is C18H23ClN2O2. The lowest BCUT2D eigenvalue weighted by Crippen LogP contribution is -2.43. The molecular weight excluding hydrogens is 312 g/mol. The summed E-state index contributed by atoms with van der Waals surface area (Å²) < 4.78 is 0. The minimum Gasteiger partial charge on any atom is -0.346 e. The number of nitrogens with one attached hydrogen (secondary N) is 1. The third-order valence-electron chi connectivity index (χ3n) is 4.73. The Morgan fingerprint density at radius 2 is 1.78 bits per heavy atom. The topological polar surface area (TPSA) is 49.4 Å². The second-order valence-corrected chi connectivity index (χ2v) is 6.96. The Morgan fingerprint density at radius 1 is 1.13 bits per heavy atom. The van der Waals surface area contributed by atoms with Crippen molar-refractivity contribution in [3.05, 3.63) is 34.9 Å². The van der Waals surface area contributed by atoms with Crippen LogP contribution >= 0.6 is 11.6 Å². The first kappa shape index (κ1) is 16.3. The standard InChI is InChI=1S/C18H23ClN2O2/c19-15-8-6-14(7-9-15)17(13-4-5-13)18(23)20-12-16(22)21-10-2-1-3-11-21/h6-9,13,17H,1-5,10-12H2,(H,20,23). The van der Waals surface area contributed by atoms with E-state index in [4.69, 9.17) is 11.6 Å². The zero-order valence-electron chi connectivity index (χ0n) is 13.3. The molecule has 0 spiro atoms. The van der Waals surface area contributed by atoms with Gasteiger partial charge in [-0.2, -0.15) is 0 Å². The third-order valence-corrected chi connectivity index (χ3v) is 4.98. The molecule has 1 aliphatic carbocycles. The highest BCUT2D eigenvalue weighted by atomic mass is 35.5. The molecule has 3 rings (SSSR count). The van der Waals surface area contributed by atoms with E-state index >= 15 is 0 Å². The Labute approximate surface area is 142 Å². The maximum Gasteiger partial charge on any atom is 0.241 e. The Morgan fingerprint density at radius 3 is 2.39 bits per heavy atom. The average molecular weight is 335 g/mol. The first-order valence-electron chi connectivity index (χ1n) is 8.46. The fraction of sp³-hybridized carbons (Fsp3) is 0.556. The van der Waals surface area contributed by atoms with E-state index in [1.807, 2.05) is 29.2 Å². The highest BCUT2D eigenvalue weighted by molar-refractivity contribution is 6.30. The predicted molar refractivity (Wildman–Crippen MR) is 90.4 cm³/mol. The number of rotatable bonds is 5. The molecule has 1 N–H and O–H groups in total. The van der Waals surface area contributed by atoms with Crippen molar-refractivity contribution in [2.24, 2.45) is 5.92 Å². The smallest absolute Gasteiger partial charge is 0.241 e. The summed E-state index contributed by atoms with van der Waals surface area (Å²) >= 11 is 5.93. The number of piperidine rings is 1. The zero-order valence-corrected chi connectivity index (χ0v) is 14.0. The molecule has 5 heteroatoms. The Balaban J connectivity index is 1.58. The molecule has 1 aromatic rings. The second kappa shape index (κ2) is 7.35. The fourth-order valence-electron chi connectivity index (χ4n) is 3.27. The summed E-state index contributed by atoms with van der Waals surface area (Å²) in [6.07, 6.45) is 5.46. The number of likely N-dealkylation sites (tertiary alicyclic amines) is 1. The normalized spacial score (nSPS) is 19.3. The monoisotopic (exact) mass is 334 g/mol. The van der Waals surface area contributed by atoms with Crippen LogP contribution in [0.4, 0.5) is 0 Å². The van der Waals surface area contributed by atoms with Gasteiger partial charge in [0.2, 0.25) is 11.8 Å². The Bertz CT molecular complexity index is 563. The summed E-state index contributed by atoms with van der Waals surface area (Å²) in [7, 11) is 0. The molecule has 0 bridgehead atoms. The van der Waals surface area contributed by atoms with Crippen LogP contribution in [-0.4, -0.2) is 36.3 Å². The van der Waals surface area contributed by atoms with Crippen LogP contribution in [0.15, 0.2) is 24.3 Å². The molecule has 4 nitrogen and oxygen atoms in total. The largest absolute Gasteiger partial charge is 0.346 e. The van der Waals surface area contributed by atoms with Crippen LogP contribution in [0.5, 0.6) is 0 Å². The molecule has 1 heterocycles. The van der Waals surface area contributed by atoms with Gasteiger partial charge >= 0.3 is 0 Å². The van der Waals surface area contributed by atoms with Gasteiger partial charge in [-0.3, -0.25) is 9.59 Å². The first-order chi connectivity index (χ1) is 11.1. The van der Waals surface area contributed by atoms with Crippen LogP contribution < -0.4 is 5.32 Å². The minimum atomic E-state index is -0.165. The van der Waals surface area contributed by atoms with E-state index in [1.54, 1.807) is 0 Å². The van der Waals surface area contributed by atoms with Gasteiger partial charge < -0.3 is 10.2 Å². The van der Waals surface area contributed by atoms with Crippen molar-refractivity contribution in [1.29, 1.82) is 0 Å². The van der Waals surface area contributed by atoms with Gasteiger partial charge in [-0.25, -0.2) is 0 Å². The molecule has 0 aromatic heterocycles. The van der Waals surface area contributed by atoms with Gasteiger partial charge in [-0.15, -0.1) is 0 Å². The molecule has 2 aliphatic rings. The summed E-state index contributed by atoms with van der Waals surface area (Å²) in [6, 6.07) is 7.46. The number of benzene rings is 1. The summed E-state index contributed by atoms with van der Waals surface area (Å²) in [5, 5.41) is 3.52. The van der Waals surface area contributed by atoms with Crippen LogP contribution in [0.2, 0.25) is 5.02 Å². The van der Waals surface area contributed by atoms with Crippen LogP contribution in [0, 0.1) is 5.92 Å². The molecule has 1 aliphatic heterocycles. The molecule has 2 fully saturated rings. The highest BCUT2D eigenvalue weighted by Gasteiger charge is 2.37. The molecule has 1 saturated carbocycles. The lowest BCUT2D eigenvalue weighted by Gasteiger charge is -2.27. The minimum absolute atomic E-state index is 0.0312. The van der Waals surface area contributed by atoms with Crippen molar-refractivity contribution in [3.8, 4) is 0 Å². The van der Waals surface area contributed by atoms with Crippen molar-refractivity contribution >= 4 is 23.4 Å². The van der Waals surface area contributed by atoms with Crippen LogP contribution in [0.3, 0.4) is 0 Å². The number of halogens is 1. The van der Waals surface area contributed by atoms with E-state index in [0.29, 0.717) is 10.9 Å². The van der Waals surface area contributed by atoms with Gasteiger partial charge in [0.15, 0.2) is 0 Å². The van der Waals surface area contributed by atoms with Gasteiger partial charge in [0, 0.05) is 18.1 Å². The summed E-state index contributed by atoms with van der Waals surface area (Å²) in [5.74, 6) is 0.214. The quantitative estimate of drug-likeness (QED) is 0.900. The van der Waals surface area contributed by atoms with E-state index in [9.17, 15) is 9.59 Å². The van der Waals surface area contributed by atoms with E-state index in [0.717, 1.165) is 44.3 Å². The molecule has 1 saturated heterocycles. The molecule has 1 atom stereocenters. The summed E-state index contributed by atoms with van der Waals surface area (Å²) in [4.78, 5) is 26.6. The van der Waals surface area contributed by atoms with E-state index in [2.05, 4.69) is 5.32 Å². The van der Waals surface area contributed by atoms with Crippen molar-refractivity contribution in [2.45, 2.75) is 38.0 Å². The van der Waals surface area contributed by atoms with Crippen LogP contribution in [0.1, 0.15) is 43.6 Å². The number of hydrogen-bond acceptors (Lipinski definition) is 2. The summed E-state index contributed by atoms with van der Waals surface area (Å²) in [6.45, 7) is 1.74. The van der Waals surface area contributed by atoms with E-state index < -0.39 is 0 Å². The SMILES string of the molecule is O=C(NCC(=O)N1CCCCC1)C(c1ccc(Cl)cc1)C1CC1. The fourth-order valence-corrected chi connectivity index (χ4v) is 3.39. The van der Waals surface area contributed by atoms with Crippen molar-refractivity contribution in [2.75, 3.05) is 19.6 Å². The van der Waals surface area contributed by atoms with Gasteiger partial charge in [0.1, 0.15) is 0 Å². The molecule has 1 aromatic carbocycles. The molecule has 23 heavy (non-hydrogen) atoms. The number of hydrogen-bond donors (Lipinski definition) is 1. The molecule has 124 valence electrons. The maximum atomic E-state index is 12.6. The van der Waals surface area contributed by atoms with Crippen LogP contribution in [-0.2, 0) is 9.59 Å². The maximum absolute atomic E-state index is 12.6. The number of carbonyl (C=O) groups is 2. The Hall–Kier alpha value is -1.55. The number of carbonyl (C=O) groups excluding carboxylic acids is 2. The molecule has 1 unspecified atom stereocenters. The predicted octanol–water partition coefficient (Wildman–Crippen LogP) is 2.96. The van der Waals surface area contributed by atoms with Crippen molar-refractivity contribution in [1.82, 2.24) is 10.2 Å². The highest BCUT2D eigenvalue weighted by Crippen LogP contribution is 2.42. The van der Waals surface area contributed by atoms with Gasteiger partial charge in [0.05, 0.1) is 12.5 Å². The first-order valence-corrected chi connectivity index (χ1v) is 8.84. The van der Waals surface area contributed by atoms with Gasteiger partial charge in [-0.05, 0) is 55.7 Å². The second-order valence-electron chi connectivity index (χ2n) is 6.53. The lowest BCUT2D eigenvalue weighted by atomic mass is 9.93. The third kappa shape index (κ3) is 4.25. The number of nitrogens with zero attached hydrogens (tertiary/aromatic N) is 1. The lowest BCUT2D eigenvalue weighted by molar-refractivity contribution is -0.134. The summed E-state index contributed by atoms with van der Waals surface area (Å²) in [5.41, 5.74) is 0.986. The average Bonchev–Trinajstić information content (AvgIpc) is 3.40. The van der Waals surface area contributed by atoms with Crippen molar-refractivity contribution < 1.29 is 9.59 Å². The zero-order chi connectivity index (χ0) is 16.2. The molecule has 0 radical (unpaired) electrons. The number of amides is 2. The van der Waals surface area contributed by atoms with E-state index in [-0.39, 0.29) is 24.3 Å². The molecule has 2 amide bonds. The van der Waals surface area contributed by atoms with Gasteiger partial charge in [0.25, 0.3) is 0 Å². The van der Waals surface area contributed by atoms with E-state index in [1.165, 1.54) is 6.42 Å². The van der Waals surface area contributed by atoms with Crippen molar-refractivity contribution in [3.63, 3.8) is 0 Å².